The van der Waals surface area contributed by atoms with Gasteiger partial charge in [-0.25, -0.2) is 0 Å². The van der Waals surface area contributed by atoms with E-state index < -0.39 is 0 Å². The normalized spacial score (nSPS) is 28.8. The van der Waals surface area contributed by atoms with Crippen LogP contribution in [-0.2, 0) is 4.79 Å². The Labute approximate surface area is 94.7 Å². The molecule has 0 bridgehead atoms. The third-order valence-corrected chi connectivity index (χ3v) is 3.46. The second kappa shape index (κ2) is 3.93. The molecule has 3 aliphatic rings. The maximum absolute atomic E-state index is 12.2. The largest absolute Gasteiger partial charge is 0.341 e. The van der Waals surface area contributed by atoms with Gasteiger partial charge in [-0.3, -0.25) is 15.5 Å². The van der Waals surface area contributed by atoms with E-state index >= 15 is 0 Å². The molecule has 0 aromatic rings. The minimum Gasteiger partial charge on any atom is -0.341 e. The van der Waals surface area contributed by atoms with Gasteiger partial charge in [-0.05, 0) is 12.8 Å². The molecule has 6 nitrogen and oxygen atoms in total. The number of rotatable bonds is 1. The van der Waals surface area contributed by atoms with Crippen molar-refractivity contribution < 1.29 is 4.79 Å². The van der Waals surface area contributed by atoms with Gasteiger partial charge in [0.2, 0.25) is 5.91 Å². The Kier molecular flexibility index (Phi) is 2.43. The van der Waals surface area contributed by atoms with E-state index in [1.165, 1.54) is 0 Å². The van der Waals surface area contributed by atoms with Gasteiger partial charge in [0.25, 0.3) is 0 Å². The molecule has 0 aromatic heterocycles. The number of nitrogens with one attached hydrogen (secondary N) is 2. The summed E-state index contributed by atoms with van der Waals surface area (Å²) in [7, 11) is 0. The summed E-state index contributed by atoms with van der Waals surface area (Å²) in [5, 5.41) is 7.42. The van der Waals surface area contributed by atoms with Gasteiger partial charge >= 0.3 is 0 Å². The number of amides is 1. The van der Waals surface area contributed by atoms with Crippen molar-refractivity contribution in [3.63, 3.8) is 0 Å². The first-order valence-corrected chi connectivity index (χ1v) is 5.91. The molecule has 2 fully saturated rings. The Morgan fingerprint density at radius 3 is 3.00 bits per heavy atom. The number of fused-ring (bicyclic) bond motifs is 1. The molecule has 1 unspecified atom stereocenters. The van der Waals surface area contributed by atoms with Crippen molar-refractivity contribution >= 4 is 11.7 Å². The van der Waals surface area contributed by atoms with Crippen LogP contribution < -0.4 is 10.7 Å². The molecule has 0 aliphatic carbocycles. The molecular weight excluding hydrogens is 206 g/mol. The molecule has 6 heteroatoms. The van der Waals surface area contributed by atoms with Crippen LogP contribution in [-0.4, -0.2) is 60.4 Å². The highest BCUT2D eigenvalue weighted by molar-refractivity contribution is 5.90. The summed E-state index contributed by atoms with van der Waals surface area (Å²) < 4.78 is 0. The molecule has 16 heavy (non-hydrogen) atoms. The highest BCUT2D eigenvalue weighted by atomic mass is 16.2. The Morgan fingerprint density at radius 2 is 2.19 bits per heavy atom. The third kappa shape index (κ3) is 1.63. The summed E-state index contributed by atoms with van der Waals surface area (Å²) in [6.45, 7) is 4.02. The lowest BCUT2D eigenvalue weighted by molar-refractivity contribution is -0.132. The monoisotopic (exact) mass is 223 g/mol. The topological polar surface area (TPSA) is 60.0 Å². The van der Waals surface area contributed by atoms with Crippen LogP contribution in [0.15, 0.2) is 5.10 Å². The summed E-state index contributed by atoms with van der Waals surface area (Å²) in [4.78, 5) is 16.3. The molecule has 0 spiro atoms. The van der Waals surface area contributed by atoms with E-state index in [0.29, 0.717) is 6.54 Å². The Morgan fingerprint density at radius 1 is 1.38 bits per heavy atom. The molecule has 1 amide bonds. The predicted octanol–water partition coefficient (Wildman–Crippen LogP) is -1.24. The zero-order valence-electron chi connectivity index (χ0n) is 9.28. The molecule has 88 valence electrons. The molecule has 0 saturated carbocycles. The number of hydrogen-bond acceptors (Lipinski definition) is 5. The molecule has 3 rings (SSSR count). The average Bonchev–Trinajstić information content (AvgIpc) is 2.98. The molecule has 1 atom stereocenters. The molecule has 3 aliphatic heterocycles. The molecule has 0 aromatic carbocycles. The summed E-state index contributed by atoms with van der Waals surface area (Å²) in [5.41, 5.74) is 2.94. The SMILES string of the molecule is O=C(C1CN2CNN=C2CN1)N1CCCC1. The fraction of sp³-hybridized carbons (Fsp3) is 0.800. The van der Waals surface area contributed by atoms with E-state index in [1.54, 1.807) is 0 Å². The fourth-order valence-corrected chi connectivity index (χ4v) is 2.52. The van der Waals surface area contributed by atoms with Gasteiger partial charge in [0.1, 0.15) is 18.5 Å². The first-order valence-electron chi connectivity index (χ1n) is 5.91. The fourth-order valence-electron chi connectivity index (χ4n) is 2.52. The number of piperazine rings is 1. The van der Waals surface area contributed by atoms with Gasteiger partial charge in [0.15, 0.2) is 0 Å². The van der Waals surface area contributed by atoms with Crippen molar-refractivity contribution in [1.29, 1.82) is 0 Å². The van der Waals surface area contributed by atoms with Gasteiger partial charge in [-0.1, -0.05) is 0 Å². The zero-order chi connectivity index (χ0) is 11.0. The molecule has 0 radical (unpaired) electrons. The van der Waals surface area contributed by atoms with Gasteiger partial charge in [0.05, 0.1) is 6.54 Å². The van der Waals surface area contributed by atoms with Crippen LogP contribution in [0.4, 0.5) is 0 Å². The lowest BCUT2D eigenvalue weighted by Gasteiger charge is -2.33. The predicted molar refractivity (Wildman–Crippen MR) is 59.7 cm³/mol. The van der Waals surface area contributed by atoms with E-state index in [-0.39, 0.29) is 11.9 Å². The number of hydrogen-bond donors (Lipinski definition) is 2. The number of amidine groups is 1. The second-order valence-corrected chi connectivity index (χ2v) is 4.53. The summed E-state index contributed by atoms with van der Waals surface area (Å²) in [6, 6.07) is -0.0584. The van der Waals surface area contributed by atoms with Crippen LogP contribution in [0.3, 0.4) is 0 Å². The second-order valence-electron chi connectivity index (χ2n) is 4.53. The molecule has 2 saturated heterocycles. The highest BCUT2D eigenvalue weighted by Crippen LogP contribution is 2.12. The van der Waals surface area contributed by atoms with Gasteiger partial charge in [0, 0.05) is 19.6 Å². The summed E-state index contributed by atoms with van der Waals surface area (Å²) in [6.07, 6.45) is 2.30. The van der Waals surface area contributed by atoms with Crippen molar-refractivity contribution in [1.82, 2.24) is 20.5 Å². The zero-order valence-corrected chi connectivity index (χ0v) is 9.28. The quantitative estimate of drug-likeness (QED) is 0.583. The van der Waals surface area contributed by atoms with E-state index in [1.807, 2.05) is 4.90 Å². The van der Waals surface area contributed by atoms with Crippen LogP contribution in [0.5, 0.6) is 0 Å². The van der Waals surface area contributed by atoms with Gasteiger partial charge in [-0.15, -0.1) is 0 Å². The minimum atomic E-state index is -0.0584. The summed E-state index contributed by atoms with van der Waals surface area (Å²) in [5.74, 6) is 1.27. The maximum Gasteiger partial charge on any atom is 0.241 e. The van der Waals surface area contributed by atoms with Crippen LogP contribution in [0.2, 0.25) is 0 Å². The Balaban J connectivity index is 1.63. The third-order valence-electron chi connectivity index (χ3n) is 3.46. The van der Waals surface area contributed by atoms with Gasteiger partial charge < -0.3 is 9.80 Å². The Bertz CT molecular complexity index is 323. The van der Waals surface area contributed by atoms with Crippen molar-refractivity contribution in [2.45, 2.75) is 18.9 Å². The van der Waals surface area contributed by atoms with E-state index in [4.69, 9.17) is 0 Å². The number of likely N-dealkylation sites (tertiary alicyclic amines) is 1. The Hall–Kier alpha value is -1.30. The molecular formula is C10H17N5O. The smallest absolute Gasteiger partial charge is 0.241 e. The van der Waals surface area contributed by atoms with Crippen molar-refractivity contribution in [3.05, 3.63) is 0 Å². The van der Waals surface area contributed by atoms with Gasteiger partial charge in [-0.2, -0.15) is 5.10 Å². The van der Waals surface area contributed by atoms with E-state index in [0.717, 1.165) is 45.0 Å². The van der Waals surface area contributed by atoms with Crippen LogP contribution in [0, 0.1) is 0 Å². The van der Waals surface area contributed by atoms with Crippen LogP contribution in [0.1, 0.15) is 12.8 Å². The standard InChI is InChI=1S/C10H17N5O/c16-10(14-3-1-2-4-14)8-6-15-7-12-13-9(15)5-11-8/h8,11-12H,1-7H2. The van der Waals surface area contributed by atoms with Crippen molar-refractivity contribution in [2.24, 2.45) is 5.10 Å². The average molecular weight is 223 g/mol. The first-order chi connectivity index (χ1) is 7.84. The summed E-state index contributed by atoms with van der Waals surface area (Å²) >= 11 is 0. The van der Waals surface area contributed by atoms with Crippen molar-refractivity contribution in [3.8, 4) is 0 Å². The van der Waals surface area contributed by atoms with Crippen molar-refractivity contribution in [2.75, 3.05) is 32.8 Å². The van der Waals surface area contributed by atoms with E-state index in [9.17, 15) is 4.79 Å². The number of hydrazone groups is 1. The number of carbonyl (C=O) groups excluding carboxylic acids is 1. The highest BCUT2D eigenvalue weighted by Gasteiger charge is 2.33. The molecule has 2 N–H and O–H groups in total. The van der Waals surface area contributed by atoms with Crippen LogP contribution in [0.25, 0.3) is 0 Å². The molecule has 3 heterocycles. The lowest BCUT2D eigenvalue weighted by Crippen LogP contribution is -2.58. The first kappa shape index (κ1) is 9.89. The minimum absolute atomic E-state index is 0.0584. The number of nitrogens with zero attached hydrogens (tertiary/aromatic N) is 3. The lowest BCUT2D eigenvalue weighted by atomic mass is 10.2. The maximum atomic E-state index is 12.2. The number of carbonyl (C=O) groups is 1. The van der Waals surface area contributed by atoms with Crippen LogP contribution >= 0.6 is 0 Å². The van der Waals surface area contributed by atoms with E-state index in [2.05, 4.69) is 20.7 Å².